The van der Waals surface area contributed by atoms with Gasteiger partial charge in [-0.3, -0.25) is 9.78 Å². The van der Waals surface area contributed by atoms with E-state index in [0.29, 0.717) is 28.2 Å². The summed E-state index contributed by atoms with van der Waals surface area (Å²) in [5.74, 6) is -0.649. The largest absolute Gasteiger partial charge is 0.397 e. The summed E-state index contributed by atoms with van der Waals surface area (Å²) in [6.45, 7) is 3.45. The summed E-state index contributed by atoms with van der Waals surface area (Å²) in [7, 11) is 0. The van der Waals surface area contributed by atoms with E-state index in [0.717, 1.165) is 0 Å². The Bertz CT molecular complexity index is 641. The first kappa shape index (κ1) is 13.0. The molecule has 0 fully saturated rings. The first-order valence-electron chi connectivity index (χ1n) is 5.77. The smallest absolute Gasteiger partial charge is 0.257 e. The Hall–Kier alpha value is -2.43. The zero-order chi connectivity index (χ0) is 14.0. The second-order valence-electron chi connectivity index (χ2n) is 4.31. The number of nitrogens with one attached hydrogen (secondary N) is 1. The molecule has 2 rings (SSSR count). The van der Waals surface area contributed by atoms with E-state index in [1.165, 1.54) is 24.4 Å². The topological polar surface area (TPSA) is 68.0 Å². The van der Waals surface area contributed by atoms with Crippen molar-refractivity contribution in [2.75, 3.05) is 11.1 Å². The first-order valence-corrected chi connectivity index (χ1v) is 5.77. The zero-order valence-corrected chi connectivity index (χ0v) is 10.7. The number of hydrogen-bond donors (Lipinski definition) is 2. The molecule has 4 nitrogen and oxygen atoms in total. The second kappa shape index (κ2) is 5.06. The normalized spacial score (nSPS) is 10.3. The maximum Gasteiger partial charge on any atom is 0.257 e. The highest BCUT2D eigenvalue weighted by molar-refractivity contribution is 6.05. The summed E-state index contributed by atoms with van der Waals surface area (Å²) in [5.41, 5.74) is 8.25. The summed E-state index contributed by atoms with van der Waals surface area (Å²) in [4.78, 5) is 16.2. The lowest BCUT2D eigenvalue weighted by Crippen LogP contribution is -2.15. The minimum atomic E-state index is -0.336. The van der Waals surface area contributed by atoms with Gasteiger partial charge in [0.15, 0.2) is 0 Å². The molecule has 0 unspecified atom stereocenters. The second-order valence-corrected chi connectivity index (χ2v) is 4.31. The number of halogens is 1. The molecule has 0 aliphatic heterocycles. The van der Waals surface area contributed by atoms with E-state index in [1.54, 1.807) is 19.9 Å². The van der Waals surface area contributed by atoms with Crippen molar-refractivity contribution in [3.8, 4) is 0 Å². The van der Waals surface area contributed by atoms with Crippen LogP contribution in [0.25, 0.3) is 0 Å². The lowest BCUT2D eigenvalue weighted by molar-refractivity contribution is 0.102. The van der Waals surface area contributed by atoms with Gasteiger partial charge in [-0.15, -0.1) is 0 Å². The molecule has 0 saturated carbocycles. The number of carbonyl (C=O) groups excluding carboxylic acids is 1. The molecular weight excluding hydrogens is 245 g/mol. The Labute approximate surface area is 110 Å². The van der Waals surface area contributed by atoms with Gasteiger partial charge >= 0.3 is 0 Å². The van der Waals surface area contributed by atoms with Crippen LogP contribution in [0.2, 0.25) is 0 Å². The molecule has 0 bridgehead atoms. The molecule has 1 amide bonds. The van der Waals surface area contributed by atoms with E-state index < -0.39 is 0 Å². The molecule has 0 spiro atoms. The van der Waals surface area contributed by atoms with Crippen LogP contribution in [0.5, 0.6) is 0 Å². The van der Waals surface area contributed by atoms with Gasteiger partial charge < -0.3 is 11.1 Å². The van der Waals surface area contributed by atoms with Crippen molar-refractivity contribution in [3.05, 3.63) is 53.1 Å². The fourth-order valence-electron chi connectivity index (χ4n) is 1.74. The SMILES string of the molecule is Cc1cc(F)ccc1NC(=O)c1cc(N)cnc1C. The van der Waals surface area contributed by atoms with Gasteiger partial charge in [0, 0.05) is 5.69 Å². The maximum absolute atomic E-state index is 13.0. The number of amides is 1. The van der Waals surface area contributed by atoms with Crippen molar-refractivity contribution in [2.45, 2.75) is 13.8 Å². The van der Waals surface area contributed by atoms with Crippen molar-refractivity contribution >= 4 is 17.3 Å². The number of anilines is 2. The van der Waals surface area contributed by atoms with Crippen molar-refractivity contribution in [3.63, 3.8) is 0 Å². The van der Waals surface area contributed by atoms with Crippen LogP contribution in [0.15, 0.2) is 30.5 Å². The molecule has 1 aromatic carbocycles. The number of rotatable bonds is 2. The number of hydrogen-bond acceptors (Lipinski definition) is 3. The number of nitrogens with zero attached hydrogens (tertiary/aromatic N) is 1. The van der Waals surface area contributed by atoms with E-state index in [2.05, 4.69) is 10.3 Å². The van der Waals surface area contributed by atoms with E-state index >= 15 is 0 Å². The summed E-state index contributed by atoms with van der Waals surface area (Å²) >= 11 is 0. The highest BCUT2D eigenvalue weighted by Crippen LogP contribution is 2.18. The average Bonchev–Trinajstić information content (AvgIpc) is 2.35. The minimum Gasteiger partial charge on any atom is -0.397 e. The molecule has 98 valence electrons. The highest BCUT2D eigenvalue weighted by atomic mass is 19.1. The van der Waals surface area contributed by atoms with Gasteiger partial charge in [0.05, 0.1) is 23.1 Å². The van der Waals surface area contributed by atoms with Gasteiger partial charge in [-0.1, -0.05) is 0 Å². The molecule has 19 heavy (non-hydrogen) atoms. The van der Waals surface area contributed by atoms with Crippen LogP contribution in [0.4, 0.5) is 15.8 Å². The number of pyridine rings is 1. The van der Waals surface area contributed by atoms with Crippen molar-refractivity contribution in [1.82, 2.24) is 4.98 Å². The molecule has 0 aliphatic carbocycles. The lowest BCUT2D eigenvalue weighted by atomic mass is 10.1. The Balaban J connectivity index is 2.28. The Morgan fingerprint density at radius 1 is 1.32 bits per heavy atom. The number of aromatic nitrogens is 1. The summed E-state index contributed by atoms with van der Waals surface area (Å²) in [6, 6.07) is 5.75. The van der Waals surface area contributed by atoms with Gasteiger partial charge in [0.2, 0.25) is 0 Å². The van der Waals surface area contributed by atoms with Crippen molar-refractivity contribution in [2.24, 2.45) is 0 Å². The third kappa shape index (κ3) is 2.88. The van der Waals surface area contributed by atoms with Crippen LogP contribution in [-0.4, -0.2) is 10.9 Å². The molecule has 1 aromatic heterocycles. The summed E-state index contributed by atoms with van der Waals surface area (Å²) in [5, 5.41) is 2.72. The zero-order valence-electron chi connectivity index (χ0n) is 10.7. The third-order valence-electron chi connectivity index (χ3n) is 2.79. The Morgan fingerprint density at radius 2 is 2.05 bits per heavy atom. The lowest BCUT2D eigenvalue weighted by Gasteiger charge is -2.10. The number of benzene rings is 1. The van der Waals surface area contributed by atoms with Crippen LogP contribution < -0.4 is 11.1 Å². The standard InChI is InChI=1S/C14H14FN3O/c1-8-5-10(15)3-4-13(8)18-14(19)12-6-11(16)7-17-9(12)2/h3-7H,16H2,1-2H3,(H,18,19). The molecular formula is C14H14FN3O. The molecule has 0 saturated heterocycles. The van der Waals surface area contributed by atoms with Crippen LogP contribution in [-0.2, 0) is 0 Å². The molecule has 0 radical (unpaired) electrons. The maximum atomic E-state index is 13.0. The van der Waals surface area contributed by atoms with E-state index in [1.807, 2.05) is 0 Å². The number of carbonyl (C=O) groups is 1. The highest BCUT2D eigenvalue weighted by Gasteiger charge is 2.12. The van der Waals surface area contributed by atoms with Gasteiger partial charge in [0.1, 0.15) is 5.82 Å². The van der Waals surface area contributed by atoms with Crippen LogP contribution in [0.3, 0.4) is 0 Å². The summed E-state index contributed by atoms with van der Waals surface area (Å²) < 4.78 is 13.0. The van der Waals surface area contributed by atoms with Gasteiger partial charge in [0.25, 0.3) is 5.91 Å². The Morgan fingerprint density at radius 3 is 2.74 bits per heavy atom. The first-order chi connectivity index (χ1) is 8.97. The predicted molar refractivity (Wildman–Crippen MR) is 72.5 cm³/mol. The van der Waals surface area contributed by atoms with Crippen molar-refractivity contribution < 1.29 is 9.18 Å². The molecule has 2 aromatic rings. The quantitative estimate of drug-likeness (QED) is 0.871. The fourth-order valence-corrected chi connectivity index (χ4v) is 1.74. The molecule has 5 heteroatoms. The number of aryl methyl sites for hydroxylation is 2. The van der Waals surface area contributed by atoms with Gasteiger partial charge in [-0.05, 0) is 43.7 Å². The van der Waals surface area contributed by atoms with Crippen LogP contribution in [0, 0.1) is 19.7 Å². The average molecular weight is 259 g/mol. The van der Waals surface area contributed by atoms with Gasteiger partial charge in [-0.25, -0.2) is 4.39 Å². The van der Waals surface area contributed by atoms with E-state index in [4.69, 9.17) is 5.73 Å². The van der Waals surface area contributed by atoms with Crippen molar-refractivity contribution in [1.29, 1.82) is 0 Å². The Kier molecular flexibility index (Phi) is 3.46. The number of nitrogen functional groups attached to an aromatic ring is 1. The third-order valence-corrected chi connectivity index (χ3v) is 2.79. The van der Waals surface area contributed by atoms with Gasteiger partial charge in [-0.2, -0.15) is 0 Å². The molecule has 0 aliphatic rings. The van der Waals surface area contributed by atoms with Crippen LogP contribution >= 0.6 is 0 Å². The van der Waals surface area contributed by atoms with E-state index in [-0.39, 0.29) is 11.7 Å². The van der Waals surface area contributed by atoms with Crippen LogP contribution in [0.1, 0.15) is 21.6 Å². The van der Waals surface area contributed by atoms with E-state index in [9.17, 15) is 9.18 Å². The minimum absolute atomic E-state index is 0.313. The fraction of sp³-hybridized carbons (Fsp3) is 0.143. The monoisotopic (exact) mass is 259 g/mol. The molecule has 0 atom stereocenters. The molecule has 3 N–H and O–H groups in total. The summed E-state index contributed by atoms with van der Waals surface area (Å²) in [6.07, 6.45) is 1.50. The predicted octanol–water partition coefficient (Wildman–Crippen LogP) is 2.67. The molecule has 1 heterocycles. The number of nitrogens with two attached hydrogens (primary N) is 1.